The van der Waals surface area contributed by atoms with Crippen molar-refractivity contribution in [1.82, 2.24) is 14.9 Å². The molecule has 0 aliphatic rings. The fraction of sp³-hybridized carbons (Fsp3) is 0.333. The van der Waals surface area contributed by atoms with E-state index in [2.05, 4.69) is 10.2 Å². The zero-order valence-electron chi connectivity index (χ0n) is 10.8. The summed E-state index contributed by atoms with van der Waals surface area (Å²) in [5.74, 6) is 6.61. The molecule has 8 heteroatoms. The van der Waals surface area contributed by atoms with Crippen LogP contribution in [0.25, 0.3) is 11.4 Å². The molecule has 1 heterocycles. The largest absolute Gasteiger partial charge is 0.494 e. The molecule has 0 radical (unpaired) electrons. The van der Waals surface area contributed by atoms with E-state index in [4.69, 9.17) is 10.6 Å². The van der Waals surface area contributed by atoms with Crippen LogP contribution in [-0.2, 0) is 0 Å². The molecule has 1 aromatic carbocycles. The Labute approximate surface area is 119 Å². The van der Waals surface area contributed by atoms with Gasteiger partial charge in [-0.2, -0.15) is 0 Å². The molecule has 0 amide bonds. The second-order valence-corrected chi connectivity index (χ2v) is 4.82. The number of nitrogens with two attached hydrogens (primary N) is 1. The molecule has 0 spiro atoms. The average Bonchev–Trinajstić information content (AvgIpc) is 2.79. The van der Waals surface area contributed by atoms with Crippen LogP contribution in [0.15, 0.2) is 29.4 Å². The van der Waals surface area contributed by atoms with Crippen molar-refractivity contribution in [2.24, 2.45) is 0 Å². The number of nitrogen functional groups attached to an aromatic ring is 1. The minimum absolute atomic E-state index is 0.259. The maximum absolute atomic E-state index is 12.2. The molecule has 2 rings (SSSR count). The fourth-order valence-electron chi connectivity index (χ4n) is 1.58. The predicted molar refractivity (Wildman–Crippen MR) is 73.5 cm³/mol. The highest BCUT2D eigenvalue weighted by molar-refractivity contribution is 7.99. The van der Waals surface area contributed by atoms with E-state index in [1.54, 1.807) is 24.3 Å². The molecule has 0 bridgehead atoms. The van der Waals surface area contributed by atoms with Gasteiger partial charge in [0.1, 0.15) is 5.75 Å². The molecule has 20 heavy (non-hydrogen) atoms. The first-order valence-corrected chi connectivity index (χ1v) is 6.95. The fourth-order valence-corrected chi connectivity index (χ4v) is 2.18. The average molecular weight is 300 g/mol. The number of halogens is 2. The van der Waals surface area contributed by atoms with Gasteiger partial charge in [-0.15, -0.1) is 10.2 Å². The van der Waals surface area contributed by atoms with Crippen molar-refractivity contribution in [3.05, 3.63) is 24.3 Å². The summed E-state index contributed by atoms with van der Waals surface area (Å²) in [5, 5.41) is 7.99. The van der Waals surface area contributed by atoms with Crippen LogP contribution >= 0.6 is 11.8 Å². The van der Waals surface area contributed by atoms with Crippen LogP contribution in [0.4, 0.5) is 8.78 Å². The molecular weight excluding hydrogens is 286 g/mol. The van der Waals surface area contributed by atoms with Crippen molar-refractivity contribution in [2.75, 3.05) is 18.2 Å². The Hall–Kier alpha value is -1.83. The van der Waals surface area contributed by atoms with Crippen LogP contribution in [0.2, 0.25) is 0 Å². The lowest BCUT2D eigenvalue weighted by Crippen LogP contribution is -2.12. The first-order valence-electron chi connectivity index (χ1n) is 5.96. The van der Waals surface area contributed by atoms with Gasteiger partial charge in [0.05, 0.1) is 12.4 Å². The second-order valence-electron chi connectivity index (χ2n) is 3.84. The minimum Gasteiger partial charge on any atom is -0.494 e. The molecule has 0 unspecified atom stereocenters. The summed E-state index contributed by atoms with van der Waals surface area (Å²) in [6.45, 7) is 2.48. The number of rotatable bonds is 6. The van der Waals surface area contributed by atoms with Crippen molar-refractivity contribution in [2.45, 2.75) is 18.5 Å². The zero-order chi connectivity index (χ0) is 14.5. The van der Waals surface area contributed by atoms with Gasteiger partial charge in [0, 0.05) is 5.56 Å². The molecule has 0 saturated heterocycles. The number of nitrogens with zero attached hydrogens (tertiary/aromatic N) is 3. The lowest BCUT2D eigenvalue weighted by molar-refractivity contribution is 0.176. The van der Waals surface area contributed by atoms with Crippen LogP contribution in [-0.4, -0.2) is 33.7 Å². The normalized spacial score (nSPS) is 11.0. The third-order valence-electron chi connectivity index (χ3n) is 2.43. The van der Waals surface area contributed by atoms with Crippen LogP contribution < -0.4 is 10.6 Å². The Morgan fingerprint density at radius 2 is 2.00 bits per heavy atom. The van der Waals surface area contributed by atoms with Crippen LogP contribution in [0.5, 0.6) is 5.75 Å². The molecule has 0 saturated carbocycles. The molecule has 0 fully saturated rings. The lowest BCUT2D eigenvalue weighted by atomic mass is 10.2. The van der Waals surface area contributed by atoms with E-state index in [-0.39, 0.29) is 10.9 Å². The van der Waals surface area contributed by atoms with Gasteiger partial charge in [0.15, 0.2) is 5.82 Å². The number of ether oxygens (including phenoxy) is 1. The van der Waals surface area contributed by atoms with Crippen molar-refractivity contribution < 1.29 is 13.5 Å². The standard InChI is InChI=1S/C12H14F2N4OS/c1-2-19-9-5-3-8(4-6-9)11-16-17-12(18(11)15)20-7-10(13)14/h3-6,10H,2,7,15H2,1H3. The Morgan fingerprint density at radius 1 is 1.30 bits per heavy atom. The van der Waals surface area contributed by atoms with Crippen molar-refractivity contribution in [3.63, 3.8) is 0 Å². The summed E-state index contributed by atoms with van der Waals surface area (Å²) < 4.78 is 30.9. The molecule has 0 aliphatic carbocycles. The van der Waals surface area contributed by atoms with Crippen LogP contribution in [0, 0.1) is 0 Å². The highest BCUT2D eigenvalue weighted by Gasteiger charge is 2.14. The van der Waals surface area contributed by atoms with E-state index in [1.807, 2.05) is 6.92 Å². The molecule has 0 aliphatic heterocycles. The first-order chi connectivity index (χ1) is 9.61. The molecule has 5 nitrogen and oxygen atoms in total. The SMILES string of the molecule is CCOc1ccc(-c2nnc(SCC(F)F)n2N)cc1. The lowest BCUT2D eigenvalue weighted by Gasteiger charge is -2.05. The second kappa shape index (κ2) is 6.56. The van der Waals surface area contributed by atoms with Gasteiger partial charge in [-0.3, -0.25) is 0 Å². The Balaban J connectivity index is 2.16. The monoisotopic (exact) mass is 300 g/mol. The van der Waals surface area contributed by atoms with Gasteiger partial charge in [0.2, 0.25) is 11.6 Å². The van der Waals surface area contributed by atoms with Gasteiger partial charge in [-0.05, 0) is 31.2 Å². The molecule has 2 N–H and O–H groups in total. The number of aromatic nitrogens is 3. The molecule has 108 valence electrons. The Morgan fingerprint density at radius 3 is 2.60 bits per heavy atom. The van der Waals surface area contributed by atoms with E-state index < -0.39 is 6.43 Å². The Bertz CT molecular complexity index is 559. The third-order valence-corrected chi connectivity index (χ3v) is 3.38. The summed E-state index contributed by atoms with van der Waals surface area (Å²) in [4.78, 5) is 0. The van der Waals surface area contributed by atoms with Crippen molar-refractivity contribution in [1.29, 1.82) is 0 Å². The highest BCUT2D eigenvalue weighted by atomic mass is 32.2. The number of hydrogen-bond acceptors (Lipinski definition) is 5. The molecule has 0 atom stereocenters. The summed E-state index contributed by atoms with van der Waals surface area (Å²) in [5.41, 5.74) is 0.743. The number of alkyl halides is 2. The van der Waals surface area contributed by atoms with E-state index in [0.717, 1.165) is 23.1 Å². The molecule has 2 aromatic rings. The predicted octanol–water partition coefficient (Wildman–Crippen LogP) is 2.41. The van der Waals surface area contributed by atoms with E-state index >= 15 is 0 Å². The molecular formula is C12H14F2N4OS. The number of hydrogen-bond donors (Lipinski definition) is 1. The van der Waals surface area contributed by atoms with Crippen LogP contribution in [0.1, 0.15) is 6.92 Å². The van der Waals surface area contributed by atoms with Gasteiger partial charge < -0.3 is 10.6 Å². The smallest absolute Gasteiger partial charge is 0.248 e. The summed E-state index contributed by atoms with van der Waals surface area (Å²) >= 11 is 0.872. The van der Waals surface area contributed by atoms with Gasteiger partial charge in [-0.1, -0.05) is 11.8 Å². The first kappa shape index (κ1) is 14.6. The minimum atomic E-state index is -2.41. The quantitative estimate of drug-likeness (QED) is 0.655. The van der Waals surface area contributed by atoms with Gasteiger partial charge >= 0.3 is 0 Å². The zero-order valence-corrected chi connectivity index (χ0v) is 11.6. The molecule has 1 aromatic heterocycles. The highest BCUT2D eigenvalue weighted by Crippen LogP contribution is 2.24. The summed E-state index contributed by atoms with van der Waals surface area (Å²) in [6.07, 6.45) is -2.41. The van der Waals surface area contributed by atoms with E-state index in [9.17, 15) is 8.78 Å². The van der Waals surface area contributed by atoms with E-state index in [1.165, 1.54) is 4.68 Å². The maximum atomic E-state index is 12.2. The number of benzene rings is 1. The topological polar surface area (TPSA) is 66.0 Å². The van der Waals surface area contributed by atoms with E-state index in [0.29, 0.717) is 12.4 Å². The maximum Gasteiger partial charge on any atom is 0.248 e. The van der Waals surface area contributed by atoms with Crippen LogP contribution in [0.3, 0.4) is 0 Å². The van der Waals surface area contributed by atoms with Crippen molar-refractivity contribution >= 4 is 11.8 Å². The van der Waals surface area contributed by atoms with Gasteiger partial charge in [0.25, 0.3) is 0 Å². The Kier molecular flexibility index (Phi) is 4.78. The summed E-state index contributed by atoms with van der Waals surface area (Å²) in [6, 6.07) is 7.17. The third kappa shape index (κ3) is 3.38. The van der Waals surface area contributed by atoms with Gasteiger partial charge in [-0.25, -0.2) is 13.5 Å². The number of thioether (sulfide) groups is 1. The van der Waals surface area contributed by atoms with Crippen molar-refractivity contribution in [3.8, 4) is 17.1 Å². The summed E-state index contributed by atoms with van der Waals surface area (Å²) in [7, 11) is 0.